The van der Waals surface area contributed by atoms with Crippen LogP contribution in [0.5, 0.6) is 0 Å². The zero-order chi connectivity index (χ0) is 12.2. The van der Waals surface area contributed by atoms with Crippen molar-refractivity contribution in [2.24, 2.45) is 0 Å². The first-order valence-electron chi connectivity index (χ1n) is 6.15. The second kappa shape index (κ2) is 3.46. The molecule has 3 heterocycles. The summed E-state index contributed by atoms with van der Waals surface area (Å²) in [6.45, 7) is 2.11. The van der Waals surface area contributed by atoms with Crippen molar-refractivity contribution < 1.29 is 19.0 Å². The SMILES string of the molecule is O=C1OCc2cccc3c2N1CCC31OCCO1. The van der Waals surface area contributed by atoms with Gasteiger partial charge in [0, 0.05) is 24.1 Å². The summed E-state index contributed by atoms with van der Waals surface area (Å²) in [6.07, 6.45) is 0.376. The first kappa shape index (κ1) is 10.3. The standard InChI is InChI=1S/C13H13NO4/c15-12-14-5-4-13(17-6-7-18-13)10-3-1-2-9(8-16-12)11(10)14/h1-3H,4-8H2. The van der Waals surface area contributed by atoms with Crippen LogP contribution in [0.25, 0.3) is 0 Å². The predicted octanol–water partition coefficient (Wildman–Crippen LogP) is 1.75. The van der Waals surface area contributed by atoms with E-state index < -0.39 is 5.79 Å². The molecule has 3 aliphatic heterocycles. The average molecular weight is 247 g/mol. The fourth-order valence-corrected chi connectivity index (χ4v) is 2.99. The highest BCUT2D eigenvalue weighted by Crippen LogP contribution is 2.46. The molecule has 0 aromatic heterocycles. The van der Waals surface area contributed by atoms with Crippen molar-refractivity contribution in [2.45, 2.75) is 18.8 Å². The molecule has 0 saturated carbocycles. The minimum Gasteiger partial charge on any atom is -0.444 e. The number of amides is 1. The number of carbonyl (C=O) groups excluding carboxylic acids is 1. The van der Waals surface area contributed by atoms with E-state index in [0.29, 0.717) is 32.8 Å². The van der Waals surface area contributed by atoms with Crippen LogP contribution in [0.2, 0.25) is 0 Å². The van der Waals surface area contributed by atoms with Gasteiger partial charge in [-0.3, -0.25) is 4.90 Å². The van der Waals surface area contributed by atoms with E-state index in [0.717, 1.165) is 16.8 Å². The quantitative estimate of drug-likeness (QED) is 0.700. The second-order valence-corrected chi connectivity index (χ2v) is 4.72. The van der Waals surface area contributed by atoms with Gasteiger partial charge in [0.25, 0.3) is 0 Å². The molecule has 1 saturated heterocycles. The molecule has 1 aromatic rings. The van der Waals surface area contributed by atoms with E-state index >= 15 is 0 Å². The number of ether oxygens (including phenoxy) is 3. The number of hydrogen-bond donors (Lipinski definition) is 0. The topological polar surface area (TPSA) is 48.0 Å². The minimum absolute atomic E-state index is 0.275. The van der Waals surface area contributed by atoms with Gasteiger partial charge in [0.1, 0.15) is 6.61 Å². The van der Waals surface area contributed by atoms with Crippen LogP contribution in [0.15, 0.2) is 18.2 Å². The van der Waals surface area contributed by atoms with Crippen molar-refractivity contribution in [2.75, 3.05) is 24.7 Å². The molecule has 0 aliphatic carbocycles. The molecule has 0 unspecified atom stereocenters. The van der Waals surface area contributed by atoms with Crippen molar-refractivity contribution >= 4 is 11.8 Å². The van der Waals surface area contributed by atoms with Crippen molar-refractivity contribution in [3.05, 3.63) is 29.3 Å². The summed E-state index contributed by atoms with van der Waals surface area (Å²) in [5.74, 6) is -0.653. The first-order chi connectivity index (χ1) is 8.80. The number of fused-ring (bicyclic) bond motifs is 1. The van der Waals surface area contributed by atoms with Crippen molar-refractivity contribution in [3.63, 3.8) is 0 Å². The lowest BCUT2D eigenvalue weighted by Gasteiger charge is -2.41. The Morgan fingerprint density at radius 3 is 2.89 bits per heavy atom. The Morgan fingerprint density at radius 1 is 1.22 bits per heavy atom. The molecule has 1 amide bonds. The third kappa shape index (κ3) is 1.20. The maximum atomic E-state index is 11.8. The highest BCUT2D eigenvalue weighted by molar-refractivity contribution is 5.92. The van der Waals surface area contributed by atoms with Gasteiger partial charge in [-0.2, -0.15) is 0 Å². The summed E-state index contributed by atoms with van der Waals surface area (Å²) >= 11 is 0. The zero-order valence-electron chi connectivity index (χ0n) is 9.85. The van der Waals surface area contributed by atoms with Crippen molar-refractivity contribution in [3.8, 4) is 0 Å². The molecule has 5 heteroatoms. The molecule has 0 bridgehead atoms. The molecule has 1 spiro atoms. The molecule has 4 rings (SSSR count). The smallest absolute Gasteiger partial charge is 0.414 e. The number of hydrogen-bond acceptors (Lipinski definition) is 4. The second-order valence-electron chi connectivity index (χ2n) is 4.72. The molecule has 0 radical (unpaired) electrons. The normalized spacial score (nSPS) is 24.0. The summed E-state index contributed by atoms with van der Waals surface area (Å²) in [7, 11) is 0. The van der Waals surface area contributed by atoms with Gasteiger partial charge in [0.05, 0.1) is 18.9 Å². The molecule has 1 fully saturated rings. The van der Waals surface area contributed by atoms with Crippen LogP contribution in [-0.4, -0.2) is 25.9 Å². The van der Waals surface area contributed by atoms with E-state index in [9.17, 15) is 4.79 Å². The molecule has 0 N–H and O–H groups in total. The Hall–Kier alpha value is -1.59. The van der Waals surface area contributed by atoms with Crippen LogP contribution in [0, 0.1) is 0 Å². The van der Waals surface area contributed by atoms with Gasteiger partial charge in [-0.05, 0) is 0 Å². The van der Waals surface area contributed by atoms with Gasteiger partial charge in [0.2, 0.25) is 0 Å². The van der Waals surface area contributed by atoms with Crippen LogP contribution in [0.4, 0.5) is 10.5 Å². The summed E-state index contributed by atoms with van der Waals surface area (Å²) in [6, 6.07) is 5.92. The fourth-order valence-electron chi connectivity index (χ4n) is 2.99. The predicted molar refractivity (Wildman–Crippen MR) is 62.2 cm³/mol. The van der Waals surface area contributed by atoms with Crippen molar-refractivity contribution in [1.82, 2.24) is 0 Å². The zero-order valence-corrected chi connectivity index (χ0v) is 9.85. The van der Waals surface area contributed by atoms with E-state index in [4.69, 9.17) is 14.2 Å². The lowest BCUT2D eigenvalue weighted by Crippen LogP contribution is -2.46. The molecule has 94 valence electrons. The van der Waals surface area contributed by atoms with E-state index in [1.165, 1.54) is 0 Å². The van der Waals surface area contributed by atoms with Gasteiger partial charge >= 0.3 is 6.09 Å². The van der Waals surface area contributed by atoms with Gasteiger partial charge in [-0.1, -0.05) is 18.2 Å². The van der Waals surface area contributed by atoms with Crippen LogP contribution >= 0.6 is 0 Å². The lowest BCUT2D eigenvalue weighted by molar-refractivity contribution is -0.171. The Morgan fingerprint density at radius 2 is 2.06 bits per heavy atom. The molecule has 0 atom stereocenters. The number of benzene rings is 1. The highest BCUT2D eigenvalue weighted by atomic mass is 16.7. The highest BCUT2D eigenvalue weighted by Gasteiger charge is 2.47. The van der Waals surface area contributed by atoms with E-state index in [1.54, 1.807) is 4.90 Å². The van der Waals surface area contributed by atoms with Gasteiger partial charge < -0.3 is 14.2 Å². The van der Waals surface area contributed by atoms with E-state index in [-0.39, 0.29) is 6.09 Å². The van der Waals surface area contributed by atoms with Crippen LogP contribution in [0.1, 0.15) is 17.5 Å². The lowest BCUT2D eigenvalue weighted by atomic mass is 9.92. The monoisotopic (exact) mass is 247 g/mol. The van der Waals surface area contributed by atoms with Gasteiger partial charge in [-0.25, -0.2) is 4.79 Å². The first-order valence-corrected chi connectivity index (χ1v) is 6.15. The molecule has 3 aliphatic rings. The molecule has 1 aromatic carbocycles. The molecular formula is C13H13NO4. The third-order valence-electron chi connectivity index (χ3n) is 3.79. The third-order valence-corrected chi connectivity index (χ3v) is 3.79. The summed E-state index contributed by atoms with van der Waals surface area (Å²) in [5.41, 5.74) is 2.90. The Kier molecular flexibility index (Phi) is 1.99. The minimum atomic E-state index is -0.653. The molecule has 18 heavy (non-hydrogen) atoms. The number of anilines is 1. The van der Waals surface area contributed by atoms with Crippen LogP contribution in [0.3, 0.4) is 0 Å². The molecule has 5 nitrogen and oxygen atoms in total. The number of rotatable bonds is 0. The van der Waals surface area contributed by atoms with E-state index in [2.05, 4.69) is 0 Å². The summed E-state index contributed by atoms with van der Waals surface area (Å²) in [4.78, 5) is 13.5. The summed E-state index contributed by atoms with van der Waals surface area (Å²) in [5, 5.41) is 0. The number of nitrogens with zero attached hydrogens (tertiary/aromatic N) is 1. The number of para-hydroxylation sites is 1. The number of carbonyl (C=O) groups is 1. The van der Waals surface area contributed by atoms with E-state index in [1.807, 2.05) is 18.2 Å². The Bertz CT molecular complexity index is 522. The Balaban J connectivity index is 1.93. The summed E-state index contributed by atoms with van der Waals surface area (Å²) < 4.78 is 16.8. The number of cyclic esters (lactones) is 1. The van der Waals surface area contributed by atoms with Crippen LogP contribution < -0.4 is 4.90 Å². The molecular weight excluding hydrogens is 234 g/mol. The maximum Gasteiger partial charge on any atom is 0.414 e. The average Bonchev–Trinajstić information content (AvgIpc) is 2.86. The van der Waals surface area contributed by atoms with Gasteiger partial charge in [-0.15, -0.1) is 0 Å². The Labute approximate surface area is 104 Å². The maximum absolute atomic E-state index is 11.8. The van der Waals surface area contributed by atoms with Gasteiger partial charge in [0.15, 0.2) is 5.79 Å². The largest absolute Gasteiger partial charge is 0.444 e. The fraction of sp³-hybridized carbons (Fsp3) is 0.462. The van der Waals surface area contributed by atoms with Crippen LogP contribution in [-0.2, 0) is 26.6 Å². The van der Waals surface area contributed by atoms with Crippen molar-refractivity contribution in [1.29, 1.82) is 0 Å².